The van der Waals surface area contributed by atoms with Gasteiger partial charge in [0.25, 0.3) is 11.1 Å². The van der Waals surface area contributed by atoms with Crippen LogP contribution in [0.1, 0.15) is 11.1 Å². The Hall–Kier alpha value is -4.07. The number of rotatable bonds is 7. The van der Waals surface area contributed by atoms with Gasteiger partial charge in [-0.15, -0.1) is 0 Å². The Morgan fingerprint density at radius 2 is 1.65 bits per heavy atom. The van der Waals surface area contributed by atoms with Crippen LogP contribution < -0.4 is 10.1 Å². The van der Waals surface area contributed by atoms with Gasteiger partial charge < -0.3 is 10.1 Å². The Morgan fingerprint density at radius 1 is 0.919 bits per heavy atom. The van der Waals surface area contributed by atoms with Crippen molar-refractivity contribution < 1.29 is 19.1 Å². The number of nitrogens with zero attached hydrogens (tertiary/aromatic N) is 1. The highest BCUT2D eigenvalue weighted by molar-refractivity contribution is 8.18. The lowest BCUT2D eigenvalue weighted by Gasteiger charge is -2.13. The molecular formula is C29H21ClN2O4S. The monoisotopic (exact) mass is 528 g/mol. The maximum atomic E-state index is 13.1. The lowest BCUT2D eigenvalue weighted by atomic mass is 10.0. The lowest BCUT2D eigenvalue weighted by molar-refractivity contribution is -0.127. The molecule has 0 saturated carbocycles. The number of anilines is 1. The van der Waals surface area contributed by atoms with Crippen LogP contribution in [0.4, 0.5) is 10.5 Å². The zero-order valence-corrected chi connectivity index (χ0v) is 21.1. The fourth-order valence-corrected chi connectivity index (χ4v) is 4.87. The van der Waals surface area contributed by atoms with E-state index in [-0.39, 0.29) is 11.4 Å². The third kappa shape index (κ3) is 5.69. The second-order valence-electron chi connectivity index (χ2n) is 8.30. The number of carbonyl (C=O) groups excluding carboxylic acids is 3. The van der Waals surface area contributed by atoms with Crippen LogP contribution in [-0.4, -0.2) is 28.5 Å². The predicted molar refractivity (Wildman–Crippen MR) is 147 cm³/mol. The molecule has 0 aromatic heterocycles. The zero-order valence-electron chi connectivity index (χ0n) is 19.5. The van der Waals surface area contributed by atoms with Gasteiger partial charge in [-0.3, -0.25) is 19.3 Å². The van der Waals surface area contributed by atoms with Crippen molar-refractivity contribution >= 4 is 63.0 Å². The van der Waals surface area contributed by atoms with Gasteiger partial charge in [0.2, 0.25) is 5.91 Å². The molecule has 1 fully saturated rings. The van der Waals surface area contributed by atoms with Gasteiger partial charge in [-0.2, -0.15) is 0 Å². The quantitative estimate of drug-likeness (QED) is 0.269. The van der Waals surface area contributed by atoms with Crippen molar-refractivity contribution in [2.75, 3.05) is 11.9 Å². The lowest BCUT2D eigenvalue weighted by Crippen LogP contribution is -2.36. The first-order valence-corrected chi connectivity index (χ1v) is 12.7. The number of carbonyl (C=O) groups is 3. The summed E-state index contributed by atoms with van der Waals surface area (Å²) >= 11 is 6.79. The molecule has 4 aromatic carbocycles. The molecular weight excluding hydrogens is 508 g/mol. The average Bonchev–Trinajstić information content (AvgIpc) is 3.17. The maximum Gasteiger partial charge on any atom is 0.294 e. The Bertz CT molecular complexity index is 1520. The molecule has 184 valence electrons. The summed E-state index contributed by atoms with van der Waals surface area (Å²) in [5.74, 6) is -0.399. The Kier molecular flexibility index (Phi) is 7.25. The highest BCUT2D eigenvalue weighted by Crippen LogP contribution is 2.37. The number of ether oxygens (including phenoxy) is 1. The molecule has 4 aromatic rings. The number of hydrogen-bond acceptors (Lipinski definition) is 5. The van der Waals surface area contributed by atoms with Gasteiger partial charge >= 0.3 is 0 Å². The van der Waals surface area contributed by atoms with Crippen molar-refractivity contribution in [1.82, 2.24) is 4.90 Å². The molecule has 6 nitrogen and oxygen atoms in total. The van der Waals surface area contributed by atoms with Crippen LogP contribution in [0.15, 0.2) is 95.9 Å². The van der Waals surface area contributed by atoms with E-state index in [1.807, 2.05) is 54.6 Å². The third-order valence-corrected chi connectivity index (χ3v) is 6.91. The molecule has 0 unspecified atom stereocenters. The average molecular weight is 529 g/mol. The maximum absolute atomic E-state index is 13.1. The van der Waals surface area contributed by atoms with Crippen molar-refractivity contribution in [2.45, 2.75) is 6.61 Å². The van der Waals surface area contributed by atoms with Gasteiger partial charge in [-0.1, -0.05) is 72.3 Å². The van der Waals surface area contributed by atoms with Gasteiger partial charge in [0, 0.05) is 16.3 Å². The minimum atomic E-state index is -0.519. The molecule has 1 N–H and O–H groups in total. The number of benzene rings is 4. The molecule has 0 spiro atoms. The molecule has 1 saturated heterocycles. The van der Waals surface area contributed by atoms with Crippen LogP contribution in [0.2, 0.25) is 5.02 Å². The predicted octanol–water partition coefficient (Wildman–Crippen LogP) is 6.75. The van der Waals surface area contributed by atoms with Crippen LogP contribution in [0.5, 0.6) is 5.75 Å². The van der Waals surface area contributed by atoms with Gasteiger partial charge in [-0.25, -0.2) is 0 Å². The Balaban J connectivity index is 1.40. The topological polar surface area (TPSA) is 75.7 Å². The number of thioether (sulfide) groups is 1. The molecule has 5 rings (SSSR count). The summed E-state index contributed by atoms with van der Waals surface area (Å²) in [6.07, 6.45) is 1.67. The van der Waals surface area contributed by atoms with Gasteiger partial charge in [0.15, 0.2) is 0 Å². The number of fused-ring (bicyclic) bond motifs is 1. The van der Waals surface area contributed by atoms with Crippen molar-refractivity contribution in [3.8, 4) is 5.75 Å². The van der Waals surface area contributed by atoms with E-state index in [0.29, 0.717) is 28.6 Å². The molecule has 0 aliphatic carbocycles. The molecule has 0 radical (unpaired) electrons. The zero-order chi connectivity index (χ0) is 25.8. The van der Waals surface area contributed by atoms with E-state index < -0.39 is 17.1 Å². The minimum absolute atomic E-state index is 0.227. The van der Waals surface area contributed by atoms with E-state index in [1.54, 1.807) is 42.5 Å². The molecule has 1 heterocycles. The fraction of sp³-hybridized carbons (Fsp3) is 0.0690. The molecule has 3 amide bonds. The normalized spacial score (nSPS) is 14.4. The first-order chi connectivity index (χ1) is 18.0. The van der Waals surface area contributed by atoms with Crippen molar-refractivity contribution in [3.05, 3.63) is 112 Å². The van der Waals surface area contributed by atoms with E-state index in [1.165, 1.54) is 0 Å². The molecule has 0 bridgehead atoms. The van der Waals surface area contributed by atoms with E-state index in [9.17, 15) is 14.4 Å². The van der Waals surface area contributed by atoms with Gasteiger partial charge in [-0.05, 0) is 64.5 Å². The van der Waals surface area contributed by atoms with Crippen LogP contribution in [0, 0.1) is 0 Å². The Labute approximate surface area is 222 Å². The first kappa shape index (κ1) is 24.6. The van der Waals surface area contributed by atoms with Crippen LogP contribution in [-0.2, 0) is 16.2 Å². The number of halogens is 1. The summed E-state index contributed by atoms with van der Waals surface area (Å²) in [6, 6.07) is 27.8. The van der Waals surface area contributed by atoms with Crippen LogP contribution in [0.25, 0.3) is 16.8 Å². The van der Waals surface area contributed by atoms with Crippen LogP contribution >= 0.6 is 23.4 Å². The second-order valence-corrected chi connectivity index (χ2v) is 9.73. The second kappa shape index (κ2) is 10.9. The van der Waals surface area contributed by atoms with E-state index in [0.717, 1.165) is 33.0 Å². The summed E-state index contributed by atoms with van der Waals surface area (Å²) in [4.78, 5) is 39.5. The molecule has 8 heteroatoms. The number of amides is 3. The number of nitrogens with one attached hydrogen (secondary N) is 1. The number of hydrogen-bond donors (Lipinski definition) is 1. The van der Waals surface area contributed by atoms with Crippen molar-refractivity contribution in [1.29, 1.82) is 0 Å². The largest absolute Gasteiger partial charge is 0.488 e. The molecule has 0 atom stereocenters. The minimum Gasteiger partial charge on any atom is -0.488 e. The number of imide groups is 1. The van der Waals surface area contributed by atoms with Crippen LogP contribution in [0.3, 0.4) is 0 Å². The highest BCUT2D eigenvalue weighted by atomic mass is 35.5. The van der Waals surface area contributed by atoms with E-state index >= 15 is 0 Å². The van der Waals surface area contributed by atoms with Gasteiger partial charge in [0.1, 0.15) is 18.9 Å². The van der Waals surface area contributed by atoms with Crippen molar-refractivity contribution in [3.63, 3.8) is 0 Å². The third-order valence-electron chi connectivity index (χ3n) is 5.75. The van der Waals surface area contributed by atoms with Crippen molar-refractivity contribution in [2.24, 2.45) is 0 Å². The molecule has 1 aliphatic heterocycles. The standard InChI is InChI=1S/C29H21ClN2O4S/c30-21-13-10-19(11-14-21)18-36-25-15-12-20-6-4-5-9-23(20)24(25)16-26-28(34)32(29(35)37-26)17-27(33)31-22-7-2-1-3-8-22/h1-16H,17-18H2,(H,31,33)/b26-16+. The highest BCUT2D eigenvalue weighted by Gasteiger charge is 2.36. The van der Waals surface area contributed by atoms with Gasteiger partial charge in [0.05, 0.1) is 4.91 Å². The molecule has 1 aliphatic rings. The first-order valence-electron chi connectivity index (χ1n) is 11.5. The number of para-hydroxylation sites is 1. The SMILES string of the molecule is O=C(CN1C(=O)S/C(=C/c2c(OCc3ccc(Cl)cc3)ccc3ccccc23)C1=O)Nc1ccccc1. The Morgan fingerprint density at radius 3 is 2.43 bits per heavy atom. The summed E-state index contributed by atoms with van der Waals surface area (Å²) in [5, 5.41) is 4.69. The summed E-state index contributed by atoms with van der Waals surface area (Å²) in [6.45, 7) is -0.0656. The molecule has 37 heavy (non-hydrogen) atoms. The summed E-state index contributed by atoms with van der Waals surface area (Å²) < 4.78 is 6.13. The van der Waals surface area contributed by atoms with E-state index in [2.05, 4.69) is 5.32 Å². The van der Waals surface area contributed by atoms with E-state index in [4.69, 9.17) is 16.3 Å². The fourth-order valence-electron chi connectivity index (χ4n) is 3.93. The smallest absolute Gasteiger partial charge is 0.294 e. The summed E-state index contributed by atoms with van der Waals surface area (Å²) in [5.41, 5.74) is 2.22. The summed E-state index contributed by atoms with van der Waals surface area (Å²) in [7, 11) is 0.